The summed E-state index contributed by atoms with van der Waals surface area (Å²) in [5.74, 6) is 0.678. The average molecular weight is 463 g/mol. The summed E-state index contributed by atoms with van der Waals surface area (Å²) in [5.41, 5.74) is 2.59. The van der Waals surface area contributed by atoms with Crippen LogP contribution in [0.4, 0.5) is 0 Å². The van der Waals surface area contributed by atoms with Gasteiger partial charge < -0.3 is 19.0 Å². The van der Waals surface area contributed by atoms with Gasteiger partial charge in [0.1, 0.15) is 11.3 Å². The SMILES string of the molecule is CCCOc1cccc(C2c3c(oc4ccc(C)cc4c3=O)C(=O)N2CCCN(CC)CC)c1. The van der Waals surface area contributed by atoms with Gasteiger partial charge in [-0.25, -0.2) is 0 Å². The smallest absolute Gasteiger partial charge is 0.290 e. The first-order chi connectivity index (χ1) is 16.5. The van der Waals surface area contributed by atoms with Crippen molar-refractivity contribution in [2.24, 2.45) is 0 Å². The number of carbonyl (C=O) groups excluding carboxylic acids is 1. The molecular formula is C28H34N2O4. The average Bonchev–Trinajstić information content (AvgIpc) is 3.13. The van der Waals surface area contributed by atoms with E-state index in [4.69, 9.17) is 9.15 Å². The Balaban J connectivity index is 1.79. The number of hydrogen-bond donors (Lipinski definition) is 0. The second-order valence-corrected chi connectivity index (χ2v) is 8.88. The predicted molar refractivity (Wildman–Crippen MR) is 135 cm³/mol. The fourth-order valence-electron chi connectivity index (χ4n) is 4.71. The molecule has 1 unspecified atom stereocenters. The molecule has 0 radical (unpaired) electrons. The molecule has 0 N–H and O–H groups in total. The van der Waals surface area contributed by atoms with Gasteiger partial charge in [0, 0.05) is 6.54 Å². The number of aryl methyl sites for hydroxylation is 1. The van der Waals surface area contributed by atoms with Crippen molar-refractivity contribution in [3.05, 3.63) is 75.1 Å². The molecule has 1 atom stereocenters. The van der Waals surface area contributed by atoms with Gasteiger partial charge in [0.05, 0.1) is 23.6 Å². The molecule has 0 aliphatic carbocycles. The fourth-order valence-corrected chi connectivity index (χ4v) is 4.71. The number of rotatable bonds is 10. The van der Waals surface area contributed by atoms with Crippen molar-refractivity contribution in [3.63, 3.8) is 0 Å². The van der Waals surface area contributed by atoms with Crippen molar-refractivity contribution in [1.29, 1.82) is 0 Å². The zero-order valence-corrected chi connectivity index (χ0v) is 20.6. The number of hydrogen-bond acceptors (Lipinski definition) is 5. The van der Waals surface area contributed by atoms with Crippen LogP contribution in [0.3, 0.4) is 0 Å². The van der Waals surface area contributed by atoms with Crippen LogP contribution in [0.1, 0.15) is 66.9 Å². The molecule has 1 aromatic heterocycles. The van der Waals surface area contributed by atoms with Crippen LogP contribution >= 0.6 is 0 Å². The van der Waals surface area contributed by atoms with Gasteiger partial charge in [-0.15, -0.1) is 0 Å². The van der Waals surface area contributed by atoms with Crippen LogP contribution in [0, 0.1) is 6.92 Å². The molecule has 0 bridgehead atoms. The van der Waals surface area contributed by atoms with Crippen LogP contribution in [-0.4, -0.2) is 48.5 Å². The van der Waals surface area contributed by atoms with Gasteiger partial charge in [0.2, 0.25) is 5.76 Å². The highest BCUT2D eigenvalue weighted by atomic mass is 16.5. The topological polar surface area (TPSA) is 63.0 Å². The lowest BCUT2D eigenvalue weighted by Crippen LogP contribution is -2.33. The molecule has 6 nitrogen and oxygen atoms in total. The lowest BCUT2D eigenvalue weighted by Gasteiger charge is -2.27. The van der Waals surface area contributed by atoms with E-state index in [0.717, 1.165) is 49.4 Å². The quantitative estimate of drug-likeness (QED) is 0.416. The molecule has 1 aliphatic rings. The normalized spacial score (nSPS) is 15.4. The minimum Gasteiger partial charge on any atom is -0.494 e. The molecule has 34 heavy (non-hydrogen) atoms. The van der Waals surface area contributed by atoms with Crippen LogP contribution in [-0.2, 0) is 0 Å². The summed E-state index contributed by atoms with van der Waals surface area (Å²) in [6, 6.07) is 12.8. The van der Waals surface area contributed by atoms with Gasteiger partial charge in [-0.1, -0.05) is 44.5 Å². The molecular weight excluding hydrogens is 428 g/mol. The number of carbonyl (C=O) groups is 1. The van der Waals surface area contributed by atoms with Crippen molar-refractivity contribution >= 4 is 16.9 Å². The van der Waals surface area contributed by atoms with E-state index in [0.29, 0.717) is 29.7 Å². The summed E-state index contributed by atoms with van der Waals surface area (Å²) in [5, 5.41) is 0.514. The third-order valence-electron chi connectivity index (χ3n) is 6.54. The first-order valence-electron chi connectivity index (χ1n) is 12.3. The first kappa shape index (κ1) is 24.0. The molecule has 1 amide bonds. The van der Waals surface area contributed by atoms with Gasteiger partial charge in [-0.3, -0.25) is 9.59 Å². The molecule has 2 aromatic carbocycles. The number of benzene rings is 2. The lowest BCUT2D eigenvalue weighted by molar-refractivity contribution is 0.0720. The maximum Gasteiger partial charge on any atom is 0.290 e. The van der Waals surface area contributed by atoms with E-state index in [1.165, 1.54) is 0 Å². The molecule has 0 fully saturated rings. The zero-order chi connectivity index (χ0) is 24.2. The minimum absolute atomic E-state index is 0.135. The third-order valence-corrected chi connectivity index (χ3v) is 6.54. The van der Waals surface area contributed by atoms with E-state index in [-0.39, 0.29) is 17.1 Å². The Labute approximate surface area is 201 Å². The largest absolute Gasteiger partial charge is 0.494 e. The predicted octanol–water partition coefficient (Wildman–Crippen LogP) is 5.17. The van der Waals surface area contributed by atoms with Crippen LogP contribution in [0.2, 0.25) is 0 Å². The van der Waals surface area contributed by atoms with Crippen LogP contribution in [0.25, 0.3) is 11.0 Å². The summed E-state index contributed by atoms with van der Waals surface area (Å²) in [6.07, 6.45) is 1.72. The molecule has 1 aliphatic heterocycles. The van der Waals surface area contributed by atoms with Crippen molar-refractivity contribution < 1.29 is 13.9 Å². The van der Waals surface area contributed by atoms with Gasteiger partial charge in [-0.2, -0.15) is 0 Å². The summed E-state index contributed by atoms with van der Waals surface area (Å²) < 4.78 is 11.9. The number of nitrogens with zero attached hydrogens (tertiary/aromatic N) is 2. The molecule has 4 rings (SSSR count). The molecule has 0 saturated heterocycles. The van der Waals surface area contributed by atoms with Gasteiger partial charge in [0.25, 0.3) is 5.91 Å². The number of amides is 1. The molecule has 2 heterocycles. The fraction of sp³-hybridized carbons (Fsp3) is 0.429. The third kappa shape index (κ3) is 4.60. The maximum atomic E-state index is 13.7. The highest BCUT2D eigenvalue weighted by Crippen LogP contribution is 2.39. The Morgan fingerprint density at radius 2 is 1.85 bits per heavy atom. The van der Waals surface area contributed by atoms with Crippen molar-refractivity contribution in [3.8, 4) is 5.75 Å². The molecule has 0 spiro atoms. The Morgan fingerprint density at radius 3 is 2.59 bits per heavy atom. The van der Waals surface area contributed by atoms with Crippen LogP contribution in [0.5, 0.6) is 5.75 Å². The van der Waals surface area contributed by atoms with E-state index < -0.39 is 6.04 Å². The van der Waals surface area contributed by atoms with Crippen molar-refractivity contribution in [1.82, 2.24) is 9.80 Å². The highest BCUT2D eigenvalue weighted by Gasteiger charge is 2.42. The maximum absolute atomic E-state index is 13.7. The molecule has 3 aromatic rings. The Morgan fingerprint density at radius 1 is 1.06 bits per heavy atom. The van der Waals surface area contributed by atoms with E-state index in [9.17, 15) is 9.59 Å². The highest BCUT2D eigenvalue weighted by molar-refractivity contribution is 5.99. The van der Waals surface area contributed by atoms with Crippen molar-refractivity contribution in [2.75, 3.05) is 32.8 Å². The van der Waals surface area contributed by atoms with E-state index in [1.807, 2.05) is 43.3 Å². The first-order valence-corrected chi connectivity index (χ1v) is 12.3. The van der Waals surface area contributed by atoms with Crippen LogP contribution < -0.4 is 10.2 Å². The Bertz CT molecular complexity index is 1230. The Hall–Kier alpha value is -3.12. The molecule has 6 heteroatoms. The van der Waals surface area contributed by atoms with Gasteiger partial charge in [-0.05, 0) is 69.2 Å². The summed E-state index contributed by atoms with van der Waals surface area (Å²) in [4.78, 5) is 31.4. The summed E-state index contributed by atoms with van der Waals surface area (Å²) >= 11 is 0. The second kappa shape index (κ2) is 10.4. The monoisotopic (exact) mass is 462 g/mol. The zero-order valence-electron chi connectivity index (χ0n) is 20.6. The minimum atomic E-state index is -0.495. The summed E-state index contributed by atoms with van der Waals surface area (Å²) in [6.45, 7) is 12.3. The standard InChI is InChI=1S/C28H34N2O4/c1-5-16-33-21-11-8-10-20(18-21)25-24-26(31)22-17-19(4)12-13-23(22)34-27(24)28(32)30(25)15-9-14-29(6-2)7-3/h8,10-13,17-18,25H,5-7,9,14-16H2,1-4H3. The van der Waals surface area contributed by atoms with Gasteiger partial charge >= 0.3 is 0 Å². The number of fused-ring (bicyclic) bond motifs is 2. The lowest BCUT2D eigenvalue weighted by atomic mass is 9.98. The van der Waals surface area contributed by atoms with Gasteiger partial charge in [0.15, 0.2) is 5.43 Å². The molecule has 0 saturated carbocycles. The van der Waals surface area contributed by atoms with Crippen molar-refractivity contribution in [2.45, 2.75) is 46.6 Å². The second-order valence-electron chi connectivity index (χ2n) is 8.88. The number of ether oxygens (including phenoxy) is 1. The molecule has 180 valence electrons. The van der Waals surface area contributed by atoms with E-state index >= 15 is 0 Å². The van der Waals surface area contributed by atoms with E-state index in [2.05, 4.69) is 25.7 Å². The summed E-state index contributed by atoms with van der Waals surface area (Å²) in [7, 11) is 0. The van der Waals surface area contributed by atoms with Crippen LogP contribution in [0.15, 0.2) is 51.7 Å². The Kier molecular flexibility index (Phi) is 7.37. The van der Waals surface area contributed by atoms with E-state index in [1.54, 1.807) is 11.0 Å².